The van der Waals surface area contributed by atoms with Gasteiger partial charge >= 0.3 is 0 Å². The Bertz CT molecular complexity index is 1160. The predicted molar refractivity (Wildman–Crippen MR) is 119 cm³/mol. The molecule has 1 aromatic heterocycles. The topological polar surface area (TPSA) is 90.4 Å². The molecular formula is C25H26N4O2. The molecule has 4 aliphatic carbocycles. The van der Waals surface area contributed by atoms with Gasteiger partial charge in [-0.3, -0.25) is 9.89 Å². The average molecular weight is 415 g/mol. The van der Waals surface area contributed by atoms with Gasteiger partial charge in [-0.25, -0.2) is 5.43 Å². The first-order valence-electron chi connectivity index (χ1n) is 11.2. The van der Waals surface area contributed by atoms with Crippen LogP contribution in [0, 0.1) is 17.8 Å². The van der Waals surface area contributed by atoms with Crippen LogP contribution in [0.15, 0.2) is 47.6 Å². The highest BCUT2D eigenvalue weighted by Crippen LogP contribution is 2.60. The van der Waals surface area contributed by atoms with Gasteiger partial charge in [-0.2, -0.15) is 10.2 Å². The van der Waals surface area contributed by atoms with Gasteiger partial charge in [-0.1, -0.05) is 30.3 Å². The molecule has 0 aliphatic heterocycles. The summed E-state index contributed by atoms with van der Waals surface area (Å²) in [5.41, 5.74) is 4.80. The van der Waals surface area contributed by atoms with Gasteiger partial charge in [0, 0.05) is 16.7 Å². The number of carbonyl (C=O) groups excluding carboxylic acids is 1. The molecule has 1 heterocycles. The predicted octanol–water partition coefficient (Wildman–Crippen LogP) is 4.50. The first-order chi connectivity index (χ1) is 15.1. The molecular weight excluding hydrogens is 388 g/mol. The number of aromatic hydroxyl groups is 1. The summed E-state index contributed by atoms with van der Waals surface area (Å²) in [5, 5.41) is 23.7. The van der Waals surface area contributed by atoms with Gasteiger partial charge in [0.15, 0.2) is 5.69 Å². The van der Waals surface area contributed by atoms with Gasteiger partial charge in [-0.15, -0.1) is 0 Å². The third kappa shape index (κ3) is 3.12. The Morgan fingerprint density at radius 3 is 2.55 bits per heavy atom. The number of aromatic nitrogens is 2. The van der Waals surface area contributed by atoms with Crippen molar-refractivity contribution < 1.29 is 9.90 Å². The Hall–Kier alpha value is -3.15. The smallest absolute Gasteiger partial charge is 0.291 e. The summed E-state index contributed by atoms with van der Waals surface area (Å²) in [5.74, 6) is 2.29. The number of H-pyrrole nitrogens is 1. The molecule has 6 heteroatoms. The molecule has 3 N–H and O–H groups in total. The van der Waals surface area contributed by atoms with Crippen molar-refractivity contribution in [3.05, 3.63) is 59.4 Å². The number of fused-ring (bicyclic) bond motifs is 1. The highest BCUT2D eigenvalue weighted by molar-refractivity contribution is 6.03. The van der Waals surface area contributed by atoms with Crippen molar-refractivity contribution in [2.45, 2.75) is 43.9 Å². The zero-order valence-electron chi connectivity index (χ0n) is 17.3. The van der Waals surface area contributed by atoms with E-state index in [9.17, 15) is 9.90 Å². The molecule has 1 amide bonds. The number of rotatable bonds is 4. The third-order valence-corrected chi connectivity index (χ3v) is 7.73. The fourth-order valence-corrected chi connectivity index (χ4v) is 6.78. The largest absolute Gasteiger partial charge is 0.507 e. The lowest BCUT2D eigenvalue weighted by molar-refractivity contribution is -0.00721. The lowest BCUT2D eigenvalue weighted by Gasteiger charge is -2.56. The Morgan fingerprint density at radius 2 is 1.81 bits per heavy atom. The third-order valence-electron chi connectivity index (χ3n) is 7.73. The number of phenols is 1. The summed E-state index contributed by atoms with van der Waals surface area (Å²) in [4.78, 5) is 12.7. The first kappa shape index (κ1) is 18.6. The maximum atomic E-state index is 12.7. The van der Waals surface area contributed by atoms with Crippen LogP contribution in [-0.2, 0) is 5.41 Å². The van der Waals surface area contributed by atoms with Crippen LogP contribution in [-0.4, -0.2) is 27.4 Å². The van der Waals surface area contributed by atoms with Gasteiger partial charge in [0.05, 0.1) is 6.21 Å². The van der Waals surface area contributed by atoms with Crippen LogP contribution in [0.3, 0.4) is 0 Å². The van der Waals surface area contributed by atoms with Crippen LogP contribution in [0.1, 0.15) is 60.3 Å². The van der Waals surface area contributed by atoms with E-state index in [4.69, 9.17) is 0 Å². The van der Waals surface area contributed by atoms with E-state index in [1.165, 1.54) is 44.7 Å². The minimum Gasteiger partial charge on any atom is -0.507 e. The van der Waals surface area contributed by atoms with Gasteiger partial charge in [0.25, 0.3) is 5.91 Å². The average Bonchev–Trinajstić information content (AvgIpc) is 3.26. The highest BCUT2D eigenvalue weighted by Gasteiger charge is 2.52. The zero-order chi connectivity index (χ0) is 21.0. The second-order valence-electron chi connectivity index (χ2n) is 9.78. The minimum absolute atomic E-state index is 0.126. The molecule has 0 radical (unpaired) electrons. The number of nitrogens with one attached hydrogen (secondary N) is 2. The van der Waals surface area contributed by atoms with E-state index < -0.39 is 0 Å². The normalized spacial score (nSPS) is 29.1. The highest BCUT2D eigenvalue weighted by atomic mass is 16.3. The van der Waals surface area contributed by atoms with Gasteiger partial charge in [0.1, 0.15) is 5.75 Å². The molecule has 4 bridgehead atoms. The van der Waals surface area contributed by atoms with E-state index in [-0.39, 0.29) is 17.1 Å². The minimum atomic E-state index is -0.344. The summed E-state index contributed by atoms with van der Waals surface area (Å²) in [6, 6.07) is 13.2. The molecule has 6 nitrogen and oxygen atoms in total. The van der Waals surface area contributed by atoms with E-state index in [1.807, 2.05) is 36.4 Å². The fourth-order valence-electron chi connectivity index (χ4n) is 6.78. The number of benzene rings is 2. The molecule has 31 heavy (non-hydrogen) atoms. The molecule has 4 aliphatic rings. The molecule has 3 aromatic rings. The lowest BCUT2D eigenvalue weighted by Crippen LogP contribution is -2.48. The monoisotopic (exact) mass is 414 g/mol. The van der Waals surface area contributed by atoms with Gasteiger partial charge < -0.3 is 5.11 Å². The van der Waals surface area contributed by atoms with E-state index in [2.05, 4.69) is 20.7 Å². The molecule has 0 unspecified atom stereocenters. The number of carbonyl (C=O) groups is 1. The SMILES string of the molecule is O=C(NN=Cc1c(O)ccc2ccccc12)c1cc(C23CC4CC(CC(C4)C2)C3)[nH]n1. The molecule has 4 fully saturated rings. The second-order valence-corrected chi connectivity index (χ2v) is 9.78. The van der Waals surface area contributed by atoms with Crippen LogP contribution >= 0.6 is 0 Å². The van der Waals surface area contributed by atoms with Crippen molar-refractivity contribution in [3.8, 4) is 5.75 Å². The maximum Gasteiger partial charge on any atom is 0.291 e. The quantitative estimate of drug-likeness (QED) is 0.434. The van der Waals surface area contributed by atoms with Crippen molar-refractivity contribution in [1.29, 1.82) is 0 Å². The number of phenolic OH excluding ortho intramolecular Hbond substituents is 1. The standard InChI is InChI=1S/C25H26N4O2/c30-22-6-5-18-3-1-2-4-19(18)20(22)14-26-29-24(31)21-10-23(28-27-21)25-11-15-7-16(12-25)9-17(8-15)13-25/h1-6,10,14-17,30H,7-9,11-13H2,(H,27,28)(H,29,31). The first-order valence-corrected chi connectivity index (χ1v) is 11.2. The summed E-state index contributed by atoms with van der Waals surface area (Å²) in [6.45, 7) is 0. The van der Waals surface area contributed by atoms with E-state index in [0.29, 0.717) is 11.3 Å². The maximum absolute atomic E-state index is 12.7. The Labute approximate surface area is 180 Å². The summed E-state index contributed by atoms with van der Waals surface area (Å²) in [7, 11) is 0. The number of aromatic amines is 1. The van der Waals surface area contributed by atoms with Crippen molar-refractivity contribution >= 4 is 22.9 Å². The number of hydrogen-bond acceptors (Lipinski definition) is 4. The van der Waals surface area contributed by atoms with Crippen LogP contribution in [0.2, 0.25) is 0 Å². The molecule has 0 spiro atoms. The molecule has 158 valence electrons. The Kier molecular flexibility index (Phi) is 4.16. The number of amides is 1. The summed E-state index contributed by atoms with van der Waals surface area (Å²) in [6.07, 6.45) is 9.31. The summed E-state index contributed by atoms with van der Waals surface area (Å²) < 4.78 is 0. The number of hydrogen-bond donors (Lipinski definition) is 3. The van der Waals surface area contributed by atoms with E-state index in [0.717, 1.165) is 34.2 Å². The number of hydrazone groups is 1. The van der Waals surface area contributed by atoms with Crippen molar-refractivity contribution in [1.82, 2.24) is 15.6 Å². The lowest BCUT2D eigenvalue weighted by atomic mass is 9.49. The van der Waals surface area contributed by atoms with Gasteiger partial charge in [-0.05, 0) is 79.2 Å². The van der Waals surface area contributed by atoms with Crippen LogP contribution in [0.5, 0.6) is 5.75 Å². The second kappa shape index (κ2) is 6.94. The van der Waals surface area contributed by atoms with Crippen LogP contribution < -0.4 is 5.43 Å². The molecule has 0 saturated heterocycles. The van der Waals surface area contributed by atoms with E-state index >= 15 is 0 Å². The summed E-state index contributed by atoms with van der Waals surface area (Å²) >= 11 is 0. The van der Waals surface area contributed by atoms with Crippen molar-refractivity contribution in [3.63, 3.8) is 0 Å². The van der Waals surface area contributed by atoms with Gasteiger partial charge in [0.2, 0.25) is 0 Å². The Balaban J connectivity index is 1.20. The fraction of sp³-hybridized carbons (Fsp3) is 0.400. The van der Waals surface area contributed by atoms with E-state index in [1.54, 1.807) is 6.07 Å². The molecule has 7 rings (SSSR count). The van der Waals surface area contributed by atoms with Crippen LogP contribution in [0.4, 0.5) is 0 Å². The molecule has 2 aromatic carbocycles. The zero-order valence-corrected chi connectivity index (χ0v) is 17.3. The van der Waals surface area contributed by atoms with Crippen molar-refractivity contribution in [2.75, 3.05) is 0 Å². The van der Waals surface area contributed by atoms with Crippen LogP contribution in [0.25, 0.3) is 10.8 Å². The Morgan fingerprint density at radius 1 is 1.10 bits per heavy atom. The molecule has 0 atom stereocenters. The van der Waals surface area contributed by atoms with Crippen molar-refractivity contribution in [2.24, 2.45) is 22.9 Å². The number of nitrogens with zero attached hydrogens (tertiary/aromatic N) is 2. The molecule has 4 saturated carbocycles.